The monoisotopic (exact) mass is 555 g/mol. The van der Waals surface area contributed by atoms with Crippen molar-refractivity contribution in [3.8, 4) is 5.75 Å². The smallest absolute Gasteiger partial charge is 0.251 e. The Morgan fingerprint density at radius 3 is 2.51 bits per heavy atom. The van der Waals surface area contributed by atoms with Gasteiger partial charge in [0.1, 0.15) is 11.8 Å². The van der Waals surface area contributed by atoms with E-state index in [-0.39, 0.29) is 29.6 Å². The van der Waals surface area contributed by atoms with Crippen LogP contribution in [0.25, 0.3) is 0 Å². The summed E-state index contributed by atoms with van der Waals surface area (Å²) in [6.45, 7) is 11.5. The van der Waals surface area contributed by atoms with Crippen molar-refractivity contribution in [3.05, 3.63) is 49.6 Å². The molecule has 1 aromatic rings. The molecule has 3 aliphatic heterocycles. The molecule has 1 spiro atoms. The molecule has 8 nitrogen and oxygen atoms in total. The van der Waals surface area contributed by atoms with E-state index in [0.717, 1.165) is 19.3 Å². The molecule has 4 rings (SSSR count). The Morgan fingerprint density at radius 1 is 1.18 bits per heavy atom. The fourth-order valence-electron chi connectivity index (χ4n) is 6.64. The van der Waals surface area contributed by atoms with Gasteiger partial charge in [-0.1, -0.05) is 19.1 Å². The van der Waals surface area contributed by atoms with Gasteiger partial charge in [-0.2, -0.15) is 0 Å². The number of aliphatic hydroxyl groups is 1. The first-order valence-electron chi connectivity index (χ1n) is 13.9. The van der Waals surface area contributed by atoms with E-state index >= 15 is 0 Å². The van der Waals surface area contributed by atoms with Crippen LogP contribution in [0.3, 0.4) is 0 Å². The first kappa shape index (κ1) is 29.2. The minimum atomic E-state index is -0.692. The number of aliphatic hydroxyl groups excluding tert-OH is 1. The number of hydrogen-bond acceptors (Lipinski definition) is 6. The fourth-order valence-corrected chi connectivity index (χ4v) is 8.84. The molecule has 2 bridgehead atoms. The van der Waals surface area contributed by atoms with Crippen LogP contribution in [0.15, 0.2) is 49.6 Å². The van der Waals surface area contributed by atoms with Crippen LogP contribution in [0, 0.1) is 11.8 Å². The van der Waals surface area contributed by atoms with E-state index in [1.165, 1.54) is 0 Å². The third kappa shape index (κ3) is 5.23. The van der Waals surface area contributed by atoms with E-state index < -0.39 is 22.6 Å². The van der Waals surface area contributed by atoms with E-state index in [4.69, 9.17) is 4.74 Å². The number of carbonyl (C=O) groups is 3. The van der Waals surface area contributed by atoms with Crippen LogP contribution in [0.2, 0.25) is 0 Å². The summed E-state index contributed by atoms with van der Waals surface area (Å²) in [6, 6.07) is 6.61. The second-order valence-corrected chi connectivity index (χ2v) is 12.1. The van der Waals surface area contributed by atoms with Crippen molar-refractivity contribution in [3.63, 3.8) is 0 Å². The number of thioether (sulfide) groups is 1. The van der Waals surface area contributed by atoms with Gasteiger partial charge in [0.25, 0.3) is 5.91 Å². The second kappa shape index (κ2) is 12.6. The molecule has 3 fully saturated rings. The summed E-state index contributed by atoms with van der Waals surface area (Å²) in [4.78, 5) is 47.8. The number of amides is 3. The number of fused-ring (bicyclic) bond motifs is 1. The minimum absolute atomic E-state index is 0.00400. The van der Waals surface area contributed by atoms with Gasteiger partial charge in [-0.15, -0.1) is 24.9 Å². The number of nitrogens with zero attached hydrogens (tertiary/aromatic N) is 3. The molecular formula is C30H41N3O5S. The van der Waals surface area contributed by atoms with Crippen molar-refractivity contribution in [2.45, 2.75) is 55.1 Å². The topological polar surface area (TPSA) is 90.4 Å². The van der Waals surface area contributed by atoms with E-state index in [1.807, 2.05) is 36.1 Å². The van der Waals surface area contributed by atoms with Crippen LogP contribution in [0.5, 0.6) is 5.75 Å². The molecule has 2 unspecified atom stereocenters. The lowest BCUT2D eigenvalue weighted by molar-refractivity contribution is -0.143. The number of ether oxygens (including phenoxy) is 1. The van der Waals surface area contributed by atoms with Crippen LogP contribution in [0.4, 0.5) is 5.69 Å². The van der Waals surface area contributed by atoms with Crippen LogP contribution in [0.1, 0.15) is 39.0 Å². The highest BCUT2D eigenvalue weighted by atomic mass is 32.2. The molecule has 0 aromatic heterocycles. The van der Waals surface area contributed by atoms with Crippen LogP contribution < -0.4 is 9.64 Å². The Morgan fingerprint density at radius 2 is 1.90 bits per heavy atom. The molecule has 212 valence electrons. The molecule has 1 aromatic carbocycles. The molecule has 0 saturated carbocycles. The number of benzene rings is 1. The molecule has 3 heterocycles. The van der Waals surface area contributed by atoms with Gasteiger partial charge in [0, 0.05) is 43.7 Å². The Bertz CT molecular complexity index is 1080. The average Bonchev–Trinajstić information content (AvgIpc) is 3.58. The fraction of sp³-hybridized carbons (Fsp3) is 0.567. The number of hydrogen-bond donors (Lipinski definition) is 1. The SMILES string of the molecule is C=CCN(CCC)C(=O)[C@@H]1[C@H]2C(=O)N(CCCCO)C(C(=O)N(CC=C)c3ccc(OC)cc3)C23CC[C@H]1S3. The number of unbranched alkanes of at least 4 members (excludes halogenated alkanes) is 1. The highest BCUT2D eigenvalue weighted by molar-refractivity contribution is 8.02. The first-order valence-corrected chi connectivity index (χ1v) is 14.8. The quantitative estimate of drug-likeness (QED) is 0.279. The lowest BCUT2D eigenvalue weighted by Gasteiger charge is -2.37. The number of rotatable bonds is 14. The normalized spacial score (nSPS) is 26.8. The van der Waals surface area contributed by atoms with Gasteiger partial charge in [0.15, 0.2) is 0 Å². The van der Waals surface area contributed by atoms with Gasteiger partial charge in [-0.25, -0.2) is 0 Å². The average molecular weight is 556 g/mol. The summed E-state index contributed by atoms with van der Waals surface area (Å²) >= 11 is 1.68. The summed E-state index contributed by atoms with van der Waals surface area (Å²) in [5.41, 5.74) is 0.702. The molecule has 0 aliphatic carbocycles. The highest BCUT2D eigenvalue weighted by Crippen LogP contribution is 2.66. The van der Waals surface area contributed by atoms with E-state index in [1.54, 1.807) is 40.8 Å². The van der Waals surface area contributed by atoms with Crippen LogP contribution in [-0.4, -0.2) is 88.6 Å². The maximum absolute atomic E-state index is 14.5. The summed E-state index contributed by atoms with van der Waals surface area (Å²) < 4.78 is 4.64. The Kier molecular flexibility index (Phi) is 9.43. The summed E-state index contributed by atoms with van der Waals surface area (Å²) in [6.07, 6.45) is 6.89. The zero-order valence-corrected chi connectivity index (χ0v) is 23.9. The lowest BCUT2D eigenvalue weighted by atomic mass is 9.70. The molecule has 3 aliphatic rings. The largest absolute Gasteiger partial charge is 0.497 e. The molecule has 5 atom stereocenters. The predicted molar refractivity (Wildman–Crippen MR) is 155 cm³/mol. The Hall–Kier alpha value is -2.78. The summed E-state index contributed by atoms with van der Waals surface area (Å²) in [5.74, 6) is -0.569. The van der Waals surface area contributed by atoms with Crippen molar-refractivity contribution in [2.75, 3.05) is 44.8 Å². The van der Waals surface area contributed by atoms with Crippen molar-refractivity contribution >= 4 is 35.2 Å². The molecule has 0 radical (unpaired) electrons. The van der Waals surface area contributed by atoms with Gasteiger partial charge in [0.2, 0.25) is 11.8 Å². The number of anilines is 1. The van der Waals surface area contributed by atoms with Gasteiger partial charge >= 0.3 is 0 Å². The maximum Gasteiger partial charge on any atom is 0.251 e. The molecule has 9 heteroatoms. The van der Waals surface area contributed by atoms with Crippen molar-refractivity contribution in [2.24, 2.45) is 11.8 Å². The van der Waals surface area contributed by atoms with Gasteiger partial charge in [-0.05, 0) is 56.4 Å². The third-order valence-electron chi connectivity index (χ3n) is 8.24. The van der Waals surface area contributed by atoms with Crippen LogP contribution in [-0.2, 0) is 14.4 Å². The number of likely N-dealkylation sites (tertiary alicyclic amines) is 1. The highest BCUT2D eigenvalue weighted by Gasteiger charge is 2.74. The standard InChI is InChI=1S/C30H41N3O5S/c1-5-16-31(17-6-2)27(35)24-23-14-15-30(39-23)25(24)28(36)33(19-8-9-20-34)26(30)29(37)32(18-7-3)21-10-12-22(38-4)13-11-21/h5,7,10-13,23-26,34H,1,3,6,8-9,14-20H2,2,4H3/t23-,24+,25+,26?,30?/m1/s1. The van der Waals surface area contributed by atoms with Gasteiger partial charge in [-0.3, -0.25) is 14.4 Å². The predicted octanol–water partition coefficient (Wildman–Crippen LogP) is 3.50. The van der Waals surface area contributed by atoms with Crippen LogP contribution >= 0.6 is 11.8 Å². The minimum Gasteiger partial charge on any atom is -0.497 e. The number of methoxy groups -OCH3 is 1. The second-order valence-electron chi connectivity index (χ2n) is 10.5. The van der Waals surface area contributed by atoms with Crippen molar-refractivity contribution in [1.29, 1.82) is 0 Å². The van der Waals surface area contributed by atoms with Gasteiger partial charge < -0.3 is 24.5 Å². The Labute approximate surface area is 236 Å². The molecule has 39 heavy (non-hydrogen) atoms. The zero-order valence-electron chi connectivity index (χ0n) is 23.1. The van der Waals surface area contributed by atoms with Crippen molar-refractivity contribution in [1.82, 2.24) is 9.80 Å². The molecule has 1 N–H and O–H groups in total. The molecule has 3 saturated heterocycles. The zero-order chi connectivity index (χ0) is 28.2. The van der Waals surface area contributed by atoms with E-state index in [0.29, 0.717) is 50.5 Å². The van der Waals surface area contributed by atoms with Crippen molar-refractivity contribution < 1.29 is 24.2 Å². The third-order valence-corrected chi connectivity index (χ3v) is 10.2. The van der Waals surface area contributed by atoms with Gasteiger partial charge in [0.05, 0.1) is 23.7 Å². The summed E-state index contributed by atoms with van der Waals surface area (Å²) in [7, 11) is 1.59. The maximum atomic E-state index is 14.5. The van der Waals surface area contributed by atoms with E-state index in [2.05, 4.69) is 13.2 Å². The summed E-state index contributed by atoms with van der Waals surface area (Å²) in [5, 5.41) is 9.42. The molecular weight excluding hydrogens is 514 g/mol. The molecule has 3 amide bonds. The number of carbonyl (C=O) groups excluding carboxylic acids is 3. The Balaban J connectivity index is 1.73. The first-order chi connectivity index (χ1) is 18.9. The van der Waals surface area contributed by atoms with E-state index in [9.17, 15) is 19.5 Å². The lowest BCUT2D eigenvalue weighted by Crippen LogP contribution is -2.55.